The lowest BCUT2D eigenvalue weighted by Gasteiger charge is -2.06. The third kappa shape index (κ3) is 2.25. The monoisotopic (exact) mass is 257 g/mol. The molecule has 2 aromatic carbocycles. The number of aromatic nitrogens is 1. The average Bonchev–Trinajstić information content (AvgIpc) is 2.81. The SMILES string of the molecule is COc1cccc(Oc2c[nH]c3cc(F)ccc23)c1. The van der Waals surface area contributed by atoms with Crippen LogP contribution < -0.4 is 9.47 Å². The highest BCUT2D eigenvalue weighted by atomic mass is 19.1. The van der Waals surface area contributed by atoms with Crippen molar-refractivity contribution in [2.75, 3.05) is 7.11 Å². The fraction of sp³-hybridized carbons (Fsp3) is 0.0667. The van der Waals surface area contributed by atoms with Gasteiger partial charge in [0.25, 0.3) is 0 Å². The van der Waals surface area contributed by atoms with E-state index in [9.17, 15) is 4.39 Å². The van der Waals surface area contributed by atoms with Gasteiger partial charge in [-0.05, 0) is 30.3 Å². The molecule has 4 heteroatoms. The molecular weight excluding hydrogens is 245 g/mol. The topological polar surface area (TPSA) is 34.2 Å². The van der Waals surface area contributed by atoms with Crippen LogP contribution in [0.1, 0.15) is 0 Å². The number of hydrogen-bond donors (Lipinski definition) is 1. The van der Waals surface area contributed by atoms with Crippen LogP contribution in [-0.2, 0) is 0 Å². The van der Waals surface area contributed by atoms with Crippen LogP contribution in [0.4, 0.5) is 4.39 Å². The van der Waals surface area contributed by atoms with Gasteiger partial charge in [0.15, 0.2) is 5.75 Å². The predicted molar refractivity (Wildman–Crippen MR) is 71.3 cm³/mol. The van der Waals surface area contributed by atoms with Crippen LogP contribution >= 0.6 is 0 Å². The van der Waals surface area contributed by atoms with Gasteiger partial charge in [0.1, 0.15) is 17.3 Å². The summed E-state index contributed by atoms with van der Waals surface area (Å²) < 4.78 is 24.0. The largest absolute Gasteiger partial charge is 0.497 e. The maximum absolute atomic E-state index is 13.1. The van der Waals surface area contributed by atoms with Gasteiger partial charge in [-0.3, -0.25) is 0 Å². The third-order valence-corrected chi connectivity index (χ3v) is 2.87. The molecule has 0 amide bonds. The van der Waals surface area contributed by atoms with Gasteiger partial charge in [0.2, 0.25) is 0 Å². The number of aromatic amines is 1. The van der Waals surface area contributed by atoms with Crippen molar-refractivity contribution in [2.45, 2.75) is 0 Å². The molecule has 0 saturated carbocycles. The van der Waals surface area contributed by atoms with Crippen molar-refractivity contribution in [3.8, 4) is 17.2 Å². The Morgan fingerprint density at radius 3 is 2.74 bits per heavy atom. The highest BCUT2D eigenvalue weighted by Gasteiger charge is 2.07. The Morgan fingerprint density at radius 1 is 1.05 bits per heavy atom. The summed E-state index contributed by atoms with van der Waals surface area (Å²) in [4.78, 5) is 2.98. The summed E-state index contributed by atoms with van der Waals surface area (Å²) >= 11 is 0. The normalized spacial score (nSPS) is 10.6. The number of methoxy groups -OCH3 is 1. The minimum Gasteiger partial charge on any atom is -0.497 e. The molecule has 19 heavy (non-hydrogen) atoms. The van der Waals surface area contributed by atoms with E-state index in [0.29, 0.717) is 17.0 Å². The van der Waals surface area contributed by atoms with Crippen LogP contribution in [0, 0.1) is 5.82 Å². The van der Waals surface area contributed by atoms with Crippen molar-refractivity contribution < 1.29 is 13.9 Å². The van der Waals surface area contributed by atoms with E-state index < -0.39 is 0 Å². The van der Waals surface area contributed by atoms with Crippen LogP contribution in [0.25, 0.3) is 10.9 Å². The van der Waals surface area contributed by atoms with Gasteiger partial charge in [-0.1, -0.05) is 6.07 Å². The van der Waals surface area contributed by atoms with Gasteiger partial charge in [0, 0.05) is 17.6 Å². The van der Waals surface area contributed by atoms with E-state index >= 15 is 0 Å². The molecule has 96 valence electrons. The highest BCUT2D eigenvalue weighted by molar-refractivity contribution is 5.86. The summed E-state index contributed by atoms with van der Waals surface area (Å²) in [6.45, 7) is 0. The molecule has 1 N–H and O–H groups in total. The van der Waals surface area contributed by atoms with Crippen molar-refractivity contribution in [1.82, 2.24) is 4.98 Å². The molecule has 1 aromatic heterocycles. The van der Waals surface area contributed by atoms with E-state index in [1.807, 2.05) is 18.2 Å². The Hall–Kier alpha value is -2.49. The number of benzene rings is 2. The lowest BCUT2D eigenvalue weighted by atomic mass is 10.2. The zero-order valence-electron chi connectivity index (χ0n) is 10.3. The molecule has 1 heterocycles. The summed E-state index contributed by atoms with van der Waals surface area (Å²) in [5, 5.41) is 0.837. The number of ether oxygens (including phenoxy) is 2. The molecular formula is C15H12FNO2. The molecule has 3 nitrogen and oxygen atoms in total. The third-order valence-electron chi connectivity index (χ3n) is 2.87. The van der Waals surface area contributed by atoms with Crippen LogP contribution in [0.3, 0.4) is 0 Å². The summed E-state index contributed by atoms with van der Waals surface area (Å²) in [6.07, 6.45) is 1.71. The van der Waals surface area contributed by atoms with Gasteiger partial charge in [-0.15, -0.1) is 0 Å². The van der Waals surface area contributed by atoms with Gasteiger partial charge in [-0.25, -0.2) is 4.39 Å². The van der Waals surface area contributed by atoms with Crippen molar-refractivity contribution in [1.29, 1.82) is 0 Å². The highest BCUT2D eigenvalue weighted by Crippen LogP contribution is 2.31. The Labute approximate surface area is 109 Å². The molecule has 0 bridgehead atoms. The fourth-order valence-electron chi connectivity index (χ4n) is 1.95. The molecule has 0 aliphatic carbocycles. The van der Waals surface area contributed by atoms with Crippen molar-refractivity contribution in [3.05, 3.63) is 54.5 Å². The zero-order valence-corrected chi connectivity index (χ0v) is 10.3. The summed E-state index contributed by atoms with van der Waals surface area (Å²) in [6, 6.07) is 11.9. The summed E-state index contributed by atoms with van der Waals surface area (Å²) in [5.74, 6) is 1.78. The molecule has 0 saturated heterocycles. The first-order chi connectivity index (χ1) is 9.26. The van der Waals surface area contributed by atoms with Crippen molar-refractivity contribution >= 4 is 10.9 Å². The standard InChI is InChI=1S/C15H12FNO2/c1-18-11-3-2-4-12(8-11)19-15-9-17-14-7-10(16)5-6-13(14)15/h2-9,17H,1H3. The first kappa shape index (κ1) is 11.6. The minimum atomic E-state index is -0.276. The lowest BCUT2D eigenvalue weighted by Crippen LogP contribution is -1.85. The van der Waals surface area contributed by atoms with Crippen LogP contribution in [-0.4, -0.2) is 12.1 Å². The number of halogens is 1. The molecule has 0 atom stereocenters. The molecule has 0 aliphatic heterocycles. The van der Waals surface area contributed by atoms with E-state index in [1.165, 1.54) is 12.1 Å². The van der Waals surface area contributed by atoms with Crippen molar-refractivity contribution in [2.24, 2.45) is 0 Å². The van der Waals surface area contributed by atoms with Crippen molar-refractivity contribution in [3.63, 3.8) is 0 Å². The van der Waals surface area contributed by atoms with Gasteiger partial charge in [0.05, 0.1) is 12.6 Å². The Kier molecular flexibility index (Phi) is 2.83. The summed E-state index contributed by atoms with van der Waals surface area (Å²) in [7, 11) is 1.60. The maximum Gasteiger partial charge on any atom is 0.152 e. The average molecular weight is 257 g/mol. The molecule has 0 aliphatic rings. The van der Waals surface area contributed by atoms with Crippen LogP contribution in [0.5, 0.6) is 17.2 Å². The Balaban J connectivity index is 1.96. The predicted octanol–water partition coefficient (Wildman–Crippen LogP) is 4.11. The molecule has 3 aromatic rings. The zero-order chi connectivity index (χ0) is 13.2. The van der Waals surface area contributed by atoms with Gasteiger partial charge < -0.3 is 14.5 Å². The second-order valence-corrected chi connectivity index (χ2v) is 4.12. The fourth-order valence-corrected chi connectivity index (χ4v) is 1.95. The number of H-pyrrole nitrogens is 1. The number of rotatable bonds is 3. The molecule has 0 fully saturated rings. The van der Waals surface area contributed by atoms with E-state index in [1.54, 1.807) is 25.4 Å². The van der Waals surface area contributed by atoms with E-state index in [-0.39, 0.29) is 5.82 Å². The Morgan fingerprint density at radius 2 is 1.89 bits per heavy atom. The maximum atomic E-state index is 13.1. The van der Waals surface area contributed by atoms with Gasteiger partial charge >= 0.3 is 0 Å². The lowest BCUT2D eigenvalue weighted by molar-refractivity contribution is 0.409. The quantitative estimate of drug-likeness (QED) is 0.766. The van der Waals surface area contributed by atoms with Gasteiger partial charge in [-0.2, -0.15) is 0 Å². The number of fused-ring (bicyclic) bond motifs is 1. The first-order valence-electron chi connectivity index (χ1n) is 5.85. The number of nitrogens with one attached hydrogen (secondary N) is 1. The molecule has 0 unspecified atom stereocenters. The van der Waals surface area contributed by atoms with Crippen LogP contribution in [0.15, 0.2) is 48.7 Å². The molecule has 0 spiro atoms. The number of hydrogen-bond acceptors (Lipinski definition) is 2. The summed E-state index contributed by atoms with van der Waals surface area (Å²) in [5.41, 5.74) is 0.706. The first-order valence-corrected chi connectivity index (χ1v) is 5.85. The van der Waals surface area contributed by atoms with E-state index in [0.717, 1.165) is 11.1 Å². The van der Waals surface area contributed by atoms with Crippen LogP contribution in [0.2, 0.25) is 0 Å². The second-order valence-electron chi connectivity index (χ2n) is 4.12. The molecule has 3 rings (SSSR count). The smallest absolute Gasteiger partial charge is 0.152 e. The Bertz CT molecular complexity index is 721. The molecule has 0 radical (unpaired) electrons. The van der Waals surface area contributed by atoms with E-state index in [2.05, 4.69) is 4.98 Å². The minimum absolute atomic E-state index is 0.276. The van der Waals surface area contributed by atoms with E-state index in [4.69, 9.17) is 9.47 Å². The second kappa shape index (κ2) is 4.65.